The molecule has 0 spiro atoms. The monoisotopic (exact) mass is 312 g/mol. The molecule has 0 saturated heterocycles. The van der Waals surface area contributed by atoms with E-state index in [1.807, 2.05) is 12.3 Å². The van der Waals surface area contributed by atoms with E-state index in [4.69, 9.17) is 11.6 Å². The molecular formula is C15H18ClFN2S. The number of thiazole rings is 1. The molecule has 108 valence electrons. The van der Waals surface area contributed by atoms with E-state index < -0.39 is 0 Å². The van der Waals surface area contributed by atoms with E-state index in [1.54, 1.807) is 23.5 Å². The van der Waals surface area contributed by atoms with Crippen LogP contribution in [0.15, 0.2) is 23.6 Å². The summed E-state index contributed by atoms with van der Waals surface area (Å²) in [5.74, 6) is -0.240. The summed E-state index contributed by atoms with van der Waals surface area (Å²) in [5, 5.41) is 6.96. The minimum atomic E-state index is -0.240. The van der Waals surface area contributed by atoms with Gasteiger partial charge in [-0.25, -0.2) is 9.37 Å². The molecule has 5 heteroatoms. The van der Waals surface area contributed by atoms with E-state index >= 15 is 0 Å². The zero-order valence-electron chi connectivity index (χ0n) is 11.6. The smallest absolute Gasteiger partial charge is 0.127 e. The van der Waals surface area contributed by atoms with Crippen LogP contribution in [0.1, 0.15) is 23.2 Å². The minimum Gasteiger partial charge on any atom is -0.314 e. The van der Waals surface area contributed by atoms with Gasteiger partial charge in [-0.3, -0.25) is 0 Å². The fourth-order valence-electron chi connectivity index (χ4n) is 2.17. The van der Waals surface area contributed by atoms with Crippen molar-refractivity contribution >= 4 is 22.9 Å². The number of hydrogen-bond donors (Lipinski definition) is 1. The first-order valence-electron chi connectivity index (χ1n) is 6.66. The van der Waals surface area contributed by atoms with Gasteiger partial charge in [-0.2, -0.15) is 0 Å². The van der Waals surface area contributed by atoms with Crippen molar-refractivity contribution in [1.82, 2.24) is 10.3 Å². The predicted molar refractivity (Wildman–Crippen MR) is 83.1 cm³/mol. The second-order valence-electron chi connectivity index (χ2n) is 4.78. The van der Waals surface area contributed by atoms with E-state index in [1.165, 1.54) is 6.07 Å². The Morgan fingerprint density at radius 2 is 2.20 bits per heavy atom. The summed E-state index contributed by atoms with van der Waals surface area (Å²) in [6.45, 7) is 4.89. The second kappa shape index (κ2) is 7.16. The summed E-state index contributed by atoms with van der Waals surface area (Å²) in [7, 11) is 0. The van der Waals surface area contributed by atoms with E-state index in [-0.39, 0.29) is 11.9 Å². The number of aromatic nitrogens is 1. The third kappa shape index (κ3) is 4.27. The van der Waals surface area contributed by atoms with Crippen LogP contribution in [0.25, 0.3) is 0 Å². The highest BCUT2D eigenvalue weighted by Gasteiger charge is 2.14. The lowest BCUT2D eigenvalue weighted by atomic mass is 10.0. The Bertz CT molecular complexity index is 571. The zero-order valence-corrected chi connectivity index (χ0v) is 13.2. The highest BCUT2D eigenvalue weighted by atomic mass is 35.5. The molecule has 20 heavy (non-hydrogen) atoms. The number of halogens is 2. The van der Waals surface area contributed by atoms with E-state index in [0.29, 0.717) is 17.0 Å². The third-order valence-electron chi connectivity index (χ3n) is 3.06. The largest absolute Gasteiger partial charge is 0.314 e. The first-order valence-corrected chi connectivity index (χ1v) is 7.92. The fraction of sp³-hybridized carbons (Fsp3) is 0.400. The minimum absolute atomic E-state index is 0.182. The maximum atomic E-state index is 13.9. The molecule has 1 aromatic carbocycles. The summed E-state index contributed by atoms with van der Waals surface area (Å²) >= 11 is 7.44. The van der Waals surface area contributed by atoms with Crippen LogP contribution in [0.3, 0.4) is 0 Å². The van der Waals surface area contributed by atoms with Crippen LogP contribution in [-0.4, -0.2) is 17.6 Å². The van der Waals surface area contributed by atoms with Gasteiger partial charge in [-0.15, -0.1) is 11.3 Å². The molecule has 0 saturated carbocycles. The van der Waals surface area contributed by atoms with Crippen molar-refractivity contribution in [3.63, 3.8) is 0 Å². The van der Waals surface area contributed by atoms with Gasteiger partial charge in [0.05, 0.1) is 5.01 Å². The first kappa shape index (κ1) is 15.4. The van der Waals surface area contributed by atoms with Crippen molar-refractivity contribution in [2.24, 2.45) is 0 Å². The summed E-state index contributed by atoms with van der Waals surface area (Å²) in [4.78, 5) is 4.47. The number of benzene rings is 1. The van der Waals surface area contributed by atoms with Gasteiger partial charge in [0.25, 0.3) is 0 Å². The van der Waals surface area contributed by atoms with E-state index in [0.717, 1.165) is 23.7 Å². The van der Waals surface area contributed by atoms with E-state index in [9.17, 15) is 4.39 Å². The predicted octanol–water partition coefficient (Wildman–Crippen LogP) is 4.01. The Balaban J connectivity index is 2.08. The molecule has 0 aliphatic carbocycles. The van der Waals surface area contributed by atoms with Gasteiger partial charge in [0.1, 0.15) is 5.82 Å². The molecule has 1 heterocycles. The lowest BCUT2D eigenvalue weighted by Crippen LogP contribution is -2.33. The Hall–Kier alpha value is -0.970. The first-order chi connectivity index (χ1) is 9.58. The number of nitrogens with one attached hydrogen (secondary N) is 1. The lowest BCUT2D eigenvalue weighted by Gasteiger charge is -2.17. The van der Waals surface area contributed by atoms with Gasteiger partial charge >= 0.3 is 0 Å². The molecule has 1 unspecified atom stereocenters. The summed E-state index contributed by atoms with van der Waals surface area (Å²) < 4.78 is 13.9. The van der Waals surface area contributed by atoms with Crippen LogP contribution < -0.4 is 5.32 Å². The molecule has 0 fully saturated rings. The highest BCUT2D eigenvalue weighted by molar-refractivity contribution is 7.09. The Morgan fingerprint density at radius 1 is 1.40 bits per heavy atom. The van der Waals surface area contributed by atoms with Crippen molar-refractivity contribution in [2.45, 2.75) is 32.7 Å². The van der Waals surface area contributed by atoms with Crippen LogP contribution in [-0.2, 0) is 12.8 Å². The molecule has 1 aromatic heterocycles. The van der Waals surface area contributed by atoms with Crippen molar-refractivity contribution in [2.75, 3.05) is 6.54 Å². The molecule has 2 nitrogen and oxygen atoms in total. The van der Waals surface area contributed by atoms with Crippen molar-refractivity contribution in [3.05, 3.63) is 50.7 Å². The maximum absolute atomic E-state index is 13.9. The molecule has 0 amide bonds. The van der Waals surface area contributed by atoms with Crippen molar-refractivity contribution in [1.29, 1.82) is 0 Å². The van der Waals surface area contributed by atoms with Crippen LogP contribution in [0.5, 0.6) is 0 Å². The van der Waals surface area contributed by atoms with Crippen LogP contribution in [0, 0.1) is 12.7 Å². The number of nitrogens with zero attached hydrogens (tertiary/aromatic N) is 1. The van der Waals surface area contributed by atoms with Crippen molar-refractivity contribution < 1.29 is 4.39 Å². The fourth-order valence-corrected chi connectivity index (χ4v) is 3.18. The average Bonchev–Trinajstić information content (AvgIpc) is 2.78. The van der Waals surface area contributed by atoms with Crippen LogP contribution >= 0.6 is 22.9 Å². The number of aryl methyl sites for hydroxylation is 1. The lowest BCUT2D eigenvalue weighted by molar-refractivity contribution is 0.505. The van der Waals surface area contributed by atoms with Gasteiger partial charge in [0.2, 0.25) is 0 Å². The molecule has 1 N–H and O–H groups in total. The number of likely N-dealkylation sites (N-methyl/N-ethyl adjacent to an activating group) is 1. The molecular weight excluding hydrogens is 295 g/mol. The van der Waals surface area contributed by atoms with Crippen molar-refractivity contribution in [3.8, 4) is 0 Å². The quantitative estimate of drug-likeness (QED) is 0.872. The molecule has 0 aliphatic heterocycles. The summed E-state index contributed by atoms with van der Waals surface area (Å²) in [6, 6.07) is 5.04. The Morgan fingerprint density at radius 3 is 2.80 bits per heavy atom. The Labute approximate surface area is 128 Å². The van der Waals surface area contributed by atoms with Gasteiger partial charge in [0, 0.05) is 28.6 Å². The maximum Gasteiger partial charge on any atom is 0.127 e. The van der Waals surface area contributed by atoms with Gasteiger partial charge in [-0.1, -0.05) is 24.6 Å². The summed E-state index contributed by atoms with van der Waals surface area (Å²) in [5.41, 5.74) is 1.73. The van der Waals surface area contributed by atoms with Gasteiger partial charge < -0.3 is 5.32 Å². The van der Waals surface area contributed by atoms with Gasteiger partial charge in [-0.05, 0) is 37.6 Å². The number of rotatable bonds is 6. The van der Waals surface area contributed by atoms with Crippen LogP contribution in [0.4, 0.5) is 4.39 Å². The molecule has 0 aliphatic rings. The standard InChI is InChI=1S/C15H18ClFN2S/c1-3-18-13(8-15-19-10(2)9-20-15)6-11-4-5-12(16)7-14(11)17/h4-5,7,9,13,18H,3,6,8H2,1-2H3. The normalized spacial score (nSPS) is 12.6. The molecule has 2 rings (SSSR count). The molecule has 1 atom stereocenters. The van der Waals surface area contributed by atoms with Crippen LogP contribution in [0.2, 0.25) is 5.02 Å². The topological polar surface area (TPSA) is 24.9 Å². The molecule has 0 bridgehead atoms. The molecule has 2 aromatic rings. The summed E-state index contributed by atoms with van der Waals surface area (Å²) in [6.07, 6.45) is 1.45. The number of hydrogen-bond acceptors (Lipinski definition) is 3. The second-order valence-corrected chi connectivity index (χ2v) is 6.16. The average molecular weight is 313 g/mol. The Kier molecular flexibility index (Phi) is 5.52. The zero-order chi connectivity index (χ0) is 14.5. The highest BCUT2D eigenvalue weighted by Crippen LogP contribution is 2.18. The SMILES string of the molecule is CCNC(Cc1nc(C)cs1)Cc1ccc(Cl)cc1F. The van der Waals surface area contributed by atoms with Gasteiger partial charge in [0.15, 0.2) is 0 Å². The third-order valence-corrected chi connectivity index (χ3v) is 4.29. The van der Waals surface area contributed by atoms with E-state index in [2.05, 4.69) is 17.2 Å². The molecule has 0 radical (unpaired) electrons.